The van der Waals surface area contributed by atoms with E-state index in [-0.39, 0.29) is 35.3 Å². The van der Waals surface area contributed by atoms with Crippen LogP contribution in [-0.4, -0.2) is 61.1 Å². The number of thiophene rings is 1. The topological polar surface area (TPSA) is 76.2 Å². The molecule has 202 valence electrons. The largest absolute Gasteiger partial charge is 0.465 e. The van der Waals surface area contributed by atoms with E-state index in [1.165, 1.54) is 18.4 Å². The lowest BCUT2D eigenvalue weighted by atomic mass is 9.82. The third-order valence-corrected chi connectivity index (χ3v) is 8.69. The zero-order valence-electron chi connectivity index (χ0n) is 23.0. The van der Waals surface area contributed by atoms with E-state index in [1.807, 2.05) is 32.6 Å². The molecule has 0 N–H and O–H groups in total. The molecule has 3 aliphatic rings. The summed E-state index contributed by atoms with van der Waals surface area (Å²) in [5.41, 5.74) is 0.225. The van der Waals surface area contributed by atoms with E-state index < -0.39 is 12.0 Å². The van der Waals surface area contributed by atoms with Crippen LogP contribution in [0.5, 0.6) is 0 Å². The highest BCUT2D eigenvalue weighted by Crippen LogP contribution is 2.38. The molecule has 3 heterocycles. The standard InChI is InChI=1S/C29H40N2O5S/c1-7-23(27(33)30-16-21-14-20(30)17-36-21)31(26(32)19-10-8-18(2)9-11-19)24-15-22(12-13-29(3,4)5)37-25(24)28(34)35-6/h15,18-21,23H,7-11,14,16-17H2,1-6H3/t18-,19-,20-,21-,23-/m0/s1. The van der Waals surface area contributed by atoms with Gasteiger partial charge in [-0.05, 0) is 71.3 Å². The van der Waals surface area contributed by atoms with Gasteiger partial charge in [0.2, 0.25) is 11.8 Å². The van der Waals surface area contributed by atoms with E-state index in [2.05, 4.69) is 18.8 Å². The van der Waals surface area contributed by atoms with Crippen molar-refractivity contribution in [2.45, 2.75) is 91.3 Å². The van der Waals surface area contributed by atoms with Crippen LogP contribution in [0.2, 0.25) is 0 Å². The lowest BCUT2D eigenvalue weighted by Gasteiger charge is -2.38. The number of likely N-dealkylation sites (tertiary alicyclic amines) is 1. The van der Waals surface area contributed by atoms with Gasteiger partial charge in [-0.3, -0.25) is 14.5 Å². The van der Waals surface area contributed by atoms with E-state index in [4.69, 9.17) is 9.47 Å². The second-order valence-electron chi connectivity index (χ2n) is 11.7. The van der Waals surface area contributed by atoms with E-state index in [0.29, 0.717) is 40.9 Å². The van der Waals surface area contributed by atoms with Crippen molar-refractivity contribution in [1.82, 2.24) is 4.90 Å². The van der Waals surface area contributed by atoms with Gasteiger partial charge in [0.05, 0.1) is 36.4 Å². The molecule has 2 amide bonds. The monoisotopic (exact) mass is 528 g/mol. The van der Waals surface area contributed by atoms with E-state index in [1.54, 1.807) is 11.0 Å². The Kier molecular flexibility index (Phi) is 8.35. The maximum Gasteiger partial charge on any atom is 0.350 e. The quantitative estimate of drug-likeness (QED) is 0.389. The number of nitrogens with zero attached hydrogens (tertiary/aromatic N) is 2. The van der Waals surface area contributed by atoms with Gasteiger partial charge in [0.25, 0.3) is 0 Å². The summed E-state index contributed by atoms with van der Waals surface area (Å²) in [6, 6.07) is 1.15. The molecule has 0 unspecified atom stereocenters. The molecule has 3 atom stereocenters. The molecular formula is C29H40N2O5S. The number of hydrogen-bond donors (Lipinski definition) is 0. The number of hydrogen-bond acceptors (Lipinski definition) is 6. The van der Waals surface area contributed by atoms with Gasteiger partial charge in [0, 0.05) is 17.9 Å². The number of amides is 2. The third-order valence-electron chi connectivity index (χ3n) is 7.67. The summed E-state index contributed by atoms with van der Waals surface area (Å²) in [7, 11) is 1.34. The van der Waals surface area contributed by atoms with Gasteiger partial charge >= 0.3 is 5.97 Å². The number of esters is 1. The normalized spacial score (nSPS) is 25.8. The molecule has 2 bridgehead atoms. The van der Waals surface area contributed by atoms with Crippen LogP contribution in [0.1, 0.15) is 87.7 Å². The Balaban J connectivity index is 1.77. The Morgan fingerprint density at radius 2 is 1.95 bits per heavy atom. The third kappa shape index (κ3) is 6.04. The molecule has 0 spiro atoms. The Hall–Kier alpha value is -2.37. The number of ether oxygens (including phenoxy) is 2. The van der Waals surface area contributed by atoms with Crippen molar-refractivity contribution in [2.24, 2.45) is 17.3 Å². The Bertz CT molecular complexity index is 1090. The zero-order valence-corrected chi connectivity index (χ0v) is 23.8. The van der Waals surface area contributed by atoms with Gasteiger partial charge < -0.3 is 14.4 Å². The van der Waals surface area contributed by atoms with Crippen molar-refractivity contribution in [3.8, 4) is 11.8 Å². The molecule has 2 saturated heterocycles. The number of methoxy groups -OCH3 is 1. The Morgan fingerprint density at radius 1 is 1.24 bits per heavy atom. The summed E-state index contributed by atoms with van der Waals surface area (Å²) in [4.78, 5) is 45.6. The average molecular weight is 529 g/mol. The van der Waals surface area contributed by atoms with Crippen LogP contribution in [0.15, 0.2) is 6.07 Å². The minimum atomic E-state index is -0.701. The summed E-state index contributed by atoms with van der Waals surface area (Å²) in [6.07, 6.45) is 4.91. The molecule has 37 heavy (non-hydrogen) atoms. The first kappa shape index (κ1) is 27.7. The second-order valence-corrected chi connectivity index (χ2v) is 12.8. The molecule has 8 heteroatoms. The molecule has 3 fully saturated rings. The fraction of sp³-hybridized carbons (Fsp3) is 0.690. The Morgan fingerprint density at radius 3 is 2.49 bits per heavy atom. The molecule has 4 rings (SSSR count). The lowest BCUT2D eigenvalue weighted by molar-refractivity contribution is -0.139. The highest BCUT2D eigenvalue weighted by Gasteiger charge is 2.46. The van der Waals surface area contributed by atoms with Crippen molar-refractivity contribution in [1.29, 1.82) is 0 Å². The first-order chi connectivity index (χ1) is 17.5. The summed E-state index contributed by atoms with van der Waals surface area (Å²) < 4.78 is 10.8. The first-order valence-corrected chi connectivity index (χ1v) is 14.3. The van der Waals surface area contributed by atoms with Gasteiger partial charge in [0.1, 0.15) is 10.9 Å². The summed E-state index contributed by atoms with van der Waals surface area (Å²) >= 11 is 1.22. The minimum Gasteiger partial charge on any atom is -0.465 e. The average Bonchev–Trinajstić information content (AvgIpc) is 3.61. The van der Waals surface area contributed by atoms with Gasteiger partial charge in [-0.15, -0.1) is 11.3 Å². The number of morpholine rings is 1. The Labute approximate surface area is 224 Å². The van der Waals surface area contributed by atoms with Crippen LogP contribution in [-0.2, 0) is 19.1 Å². The van der Waals surface area contributed by atoms with E-state index >= 15 is 0 Å². The predicted octanol–water partition coefficient (Wildman–Crippen LogP) is 4.87. The summed E-state index contributed by atoms with van der Waals surface area (Å²) in [5, 5.41) is 0. The number of anilines is 1. The smallest absolute Gasteiger partial charge is 0.350 e. The molecule has 1 aromatic heterocycles. The fourth-order valence-corrected chi connectivity index (χ4v) is 6.50. The zero-order chi connectivity index (χ0) is 26.9. The van der Waals surface area contributed by atoms with Crippen molar-refractivity contribution < 1.29 is 23.9 Å². The summed E-state index contributed by atoms with van der Waals surface area (Å²) in [6.45, 7) is 11.3. The second kappa shape index (κ2) is 11.2. The molecule has 2 aliphatic heterocycles. The van der Waals surface area contributed by atoms with Crippen LogP contribution >= 0.6 is 11.3 Å². The van der Waals surface area contributed by atoms with Gasteiger partial charge in [-0.1, -0.05) is 25.7 Å². The highest BCUT2D eigenvalue weighted by atomic mass is 32.1. The molecule has 0 aromatic carbocycles. The maximum atomic E-state index is 14.2. The number of fused-ring (bicyclic) bond motifs is 2. The van der Waals surface area contributed by atoms with Gasteiger partial charge in [-0.25, -0.2) is 4.79 Å². The number of carbonyl (C=O) groups is 3. The van der Waals surface area contributed by atoms with Crippen molar-refractivity contribution in [3.05, 3.63) is 15.8 Å². The van der Waals surface area contributed by atoms with E-state index in [0.717, 1.165) is 32.1 Å². The van der Waals surface area contributed by atoms with Crippen LogP contribution < -0.4 is 4.90 Å². The van der Waals surface area contributed by atoms with Crippen LogP contribution in [0.25, 0.3) is 0 Å². The van der Waals surface area contributed by atoms with Crippen LogP contribution in [0.4, 0.5) is 5.69 Å². The fourth-order valence-electron chi connectivity index (χ4n) is 5.58. The molecule has 1 aromatic rings. The van der Waals surface area contributed by atoms with Crippen molar-refractivity contribution in [3.63, 3.8) is 0 Å². The first-order valence-electron chi connectivity index (χ1n) is 13.5. The molecule has 0 radical (unpaired) electrons. The molecule has 1 aliphatic carbocycles. The highest BCUT2D eigenvalue weighted by molar-refractivity contribution is 7.15. The maximum absolute atomic E-state index is 14.2. The molecule has 7 nitrogen and oxygen atoms in total. The number of rotatable bonds is 6. The van der Waals surface area contributed by atoms with Crippen LogP contribution in [0, 0.1) is 29.1 Å². The SMILES string of the molecule is CC[C@@H](C(=O)N1C[C@@H]2C[C@H]1CO2)N(c1cc(C#CC(C)(C)C)sc1C(=O)OC)C(=O)[C@H]1CC[C@H](C)CC1. The molecular weight excluding hydrogens is 488 g/mol. The lowest BCUT2D eigenvalue weighted by Crippen LogP contribution is -2.55. The molecule has 1 saturated carbocycles. The minimum absolute atomic E-state index is 0.0507. The van der Waals surface area contributed by atoms with Crippen molar-refractivity contribution >= 4 is 34.8 Å². The van der Waals surface area contributed by atoms with Gasteiger partial charge in [0.15, 0.2) is 0 Å². The summed E-state index contributed by atoms with van der Waals surface area (Å²) in [5.74, 6) is 6.14. The van der Waals surface area contributed by atoms with Gasteiger partial charge in [-0.2, -0.15) is 0 Å². The number of carbonyl (C=O) groups excluding carboxylic acids is 3. The van der Waals surface area contributed by atoms with Crippen molar-refractivity contribution in [2.75, 3.05) is 25.2 Å². The van der Waals surface area contributed by atoms with Crippen LogP contribution in [0.3, 0.4) is 0 Å². The predicted molar refractivity (Wildman–Crippen MR) is 145 cm³/mol. The van der Waals surface area contributed by atoms with E-state index in [9.17, 15) is 14.4 Å².